The van der Waals surface area contributed by atoms with E-state index in [-0.39, 0.29) is 6.42 Å². The van der Waals surface area contributed by atoms with Crippen LogP contribution < -0.4 is 9.32 Å². The molecule has 0 aliphatic carbocycles. The molecule has 0 saturated heterocycles. The van der Waals surface area contributed by atoms with Gasteiger partial charge in [0.1, 0.15) is 0 Å². The van der Waals surface area contributed by atoms with E-state index >= 15 is 0 Å². The molecule has 0 aromatic rings. The van der Waals surface area contributed by atoms with Crippen LogP contribution in [0.15, 0.2) is 12.2 Å². The van der Waals surface area contributed by atoms with E-state index in [1.54, 1.807) is 0 Å². The Hall–Kier alpha value is -0.580. The minimum atomic E-state index is -2.40. The average Bonchev–Trinajstić information content (AvgIpc) is 2.50. The third-order valence-corrected chi connectivity index (χ3v) is 4.09. The van der Waals surface area contributed by atoms with Crippen molar-refractivity contribution < 1.29 is 29.2 Å². The fourth-order valence-electron chi connectivity index (χ4n) is 2.45. The van der Waals surface area contributed by atoms with Gasteiger partial charge in [-0.2, -0.15) is 0 Å². The number of hydrogen-bond donors (Lipinski definition) is 0. The molecule has 0 spiro atoms. The Morgan fingerprint density at radius 3 is 1.83 bits per heavy atom. The van der Waals surface area contributed by atoms with Crippen LogP contribution in [0, 0.1) is 10.8 Å². The Bertz CT molecular complexity index is 293. The molecule has 0 saturated carbocycles. The van der Waals surface area contributed by atoms with Gasteiger partial charge in [-0.25, -0.2) is 4.79 Å². The molecule has 0 radical (unpaired) electrons. The number of allylic oxidation sites excluding steroid dienone is 2. The van der Waals surface area contributed by atoms with Crippen LogP contribution in [0.2, 0.25) is 0 Å². The monoisotopic (exact) mass is 348 g/mol. The Balaban J connectivity index is 3.18. The van der Waals surface area contributed by atoms with Crippen molar-refractivity contribution in [3.05, 3.63) is 12.2 Å². The molecular formula is C18H33ClO4. The van der Waals surface area contributed by atoms with Crippen LogP contribution in [-0.4, -0.2) is 5.97 Å². The molecule has 0 aromatic heterocycles. The summed E-state index contributed by atoms with van der Waals surface area (Å²) in [6.45, 7) is 2.24. The maximum Gasteiger partial charge on any atom is 0.421 e. The number of halogens is 1. The van der Waals surface area contributed by atoms with E-state index in [1.165, 1.54) is 51.4 Å². The number of carbonyl (C=O) groups excluding carboxylic acids is 1. The van der Waals surface area contributed by atoms with Gasteiger partial charge < -0.3 is 9.32 Å². The van der Waals surface area contributed by atoms with Gasteiger partial charge in [-0.1, -0.05) is 74.7 Å². The second kappa shape index (κ2) is 17.8. The van der Waals surface area contributed by atoms with E-state index in [9.17, 15) is 14.1 Å². The first kappa shape index (κ1) is 22.4. The largest absolute Gasteiger partial charge is 0.421 e. The minimum Gasteiger partial charge on any atom is -0.307 e. The van der Waals surface area contributed by atoms with Crippen LogP contribution in [0.5, 0.6) is 0 Å². The molecule has 0 amide bonds. The molecule has 0 aliphatic rings. The van der Waals surface area contributed by atoms with Crippen LogP contribution in [-0.2, 0) is 9.08 Å². The van der Waals surface area contributed by atoms with Crippen molar-refractivity contribution in [1.29, 1.82) is 0 Å². The molecule has 0 rings (SSSR count). The molecular weight excluding hydrogens is 316 g/mol. The van der Waals surface area contributed by atoms with Crippen molar-refractivity contribution >= 4 is 5.97 Å². The first-order valence-electron chi connectivity index (χ1n) is 9.08. The summed E-state index contributed by atoms with van der Waals surface area (Å²) in [5.41, 5.74) is 0. The lowest BCUT2D eigenvalue weighted by Crippen LogP contribution is -2.36. The summed E-state index contributed by atoms with van der Waals surface area (Å²) in [6.07, 6.45) is 20.2. The fraction of sp³-hybridized carbons (Fsp3) is 0.833. The van der Waals surface area contributed by atoms with E-state index in [0.29, 0.717) is 6.42 Å². The highest BCUT2D eigenvalue weighted by Gasteiger charge is 2.16. The Labute approximate surface area is 144 Å². The lowest BCUT2D eigenvalue weighted by Gasteiger charge is -1.99. The van der Waals surface area contributed by atoms with Gasteiger partial charge in [-0.15, -0.1) is 0 Å². The molecule has 0 unspecified atom stereocenters. The number of hydrogen-bond acceptors (Lipinski definition) is 4. The van der Waals surface area contributed by atoms with Crippen LogP contribution in [0.3, 0.4) is 0 Å². The third-order valence-electron chi connectivity index (χ3n) is 3.79. The molecule has 0 heterocycles. The van der Waals surface area contributed by atoms with Gasteiger partial charge in [-0.05, 0) is 32.1 Å². The quantitative estimate of drug-likeness (QED) is 0.315. The Morgan fingerprint density at radius 1 is 0.826 bits per heavy atom. The molecule has 23 heavy (non-hydrogen) atoms. The predicted molar refractivity (Wildman–Crippen MR) is 85.5 cm³/mol. The van der Waals surface area contributed by atoms with E-state index in [4.69, 9.17) is 0 Å². The summed E-state index contributed by atoms with van der Waals surface area (Å²) in [5, 5.41) is 0. The molecule has 0 atom stereocenters. The van der Waals surface area contributed by atoms with Crippen molar-refractivity contribution in [3.8, 4) is 0 Å². The van der Waals surface area contributed by atoms with Crippen molar-refractivity contribution in [1.82, 2.24) is 0 Å². The predicted octanol–water partition coefficient (Wildman–Crippen LogP) is 3.65. The SMILES string of the molecule is CCCCCCCCC=CCCCCCCCC(=O)O[Cl+2]([O-])[O-]. The van der Waals surface area contributed by atoms with E-state index in [2.05, 4.69) is 23.4 Å². The zero-order chi connectivity index (χ0) is 17.2. The van der Waals surface area contributed by atoms with Gasteiger partial charge in [0.2, 0.25) is 0 Å². The molecule has 4 nitrogen and oxygen atoms in total. The van der Waals surface area contributed by atoms with Crippen molar-refractivity contribution in [2.45, 2.75) is 96.8 Å². The number of unbranched alkanes of at least 4 members (excludes halogenated alkanes) is 11. The van der Waals surface area contributed by atoms with Crippen LogP contribution >= 0.6 is 0 Å². The molecule has 136 valence electrons. The standard InChI is InChI=1S/C18H33ClO4/c1-2-3-4-5-6-7-8-9-10-11-12-13-14-15-16-17-18(20)23-19(21)22/h9-10H,2-8,11-17H2,1H3. The highest BCUT2D eigenvalue weighted by atomic mass is 35.6. The lowest BCUT2D eigenvalue weighted by atomic mass is 10.1. The first-order chi connectivity index (χ1) is 11.2. The second-order valence-electron chi connectivity index (χ2n) is 5.97. The fourth-order valence-corrected chi connectivity index (χ4v) is 2.67. The summed E-state index contributed by atoms with van der Waals surface area (Å²) in [7, 11) is -2.40. The zero-order valence-corrected chi connectivity index (χ0v) is 15.3. The highest BCUT2D eigenvalue weighted by Crippen LogP contribution is 2.10. The summed E-state index contributed by atoms with van der Waals surface area (Å²) in [5.74, 6) is -0.673. The second-order valence-corrected chi connectivity index (χ2v) is 6.50. The lowest BCUT2D eigenvalue weighted by molar-refractivity contribution is -1.62. The summed E-state index contributed by atoms with van der Waals surface area (Å²) in [6, 6.07) is 0. The van der Waals surface area contributed by atoms with Gasteiger partial charge in [-0.3, -0.25) is 0 Å². The third kappa shape index (κ3) is 19.4. The summed E-state index contributed by atoms with van der Waals surface area (Å²) >= 11 is 0. The molecule has 0 bridgehead atoms. The van der Waals surface area contributed by atoms with Crippen molar-refractivity contribution in [3.63, 3.8) is 0 Å². The van der Waals surface area contributed by atoms with E-state index in [1.807, 2.05) is 0 Å². The normalized spacial score (nSPS) is 11.5. The van der Waals surface area contributed by atoms with Gasteiger partial charge in [0.15, 0.2) is 0 Å². The van der Waals surface area contributed by atoms with Crippen LogP contribution in [0.4, 0.5) is 0 Å². The van der Waals surface area contributed by atoms with Crippen molar-refractivity contribution in [2.24, 2.45) is 0 Å². The number of rotatable bonds is 16. The van der Waals surface area contributed by atoms with Gasteiger partial charge in [0, 0.05) is 0 Å². The Kier molecular flexibility index (Phi) is 17.3. The van der Waals surface area contributed by atoms with E-state index in [0.717, 1.165) is 25.7 Å². The van der Waals surface area contributed by atoms with Crippen LogP contribution in [0.25, 0.3) is 0 Å². The van der Waals surface area contributed by atoms with Crippen LogP contribution in [0.1, 0.15) is 96.8 Å². The summed E-state index contributed by atoms with van der Waals surface area (Å²) in [4.78, 5) is 11.0. The molecule has 0 N–H and O–H groups in total. The highest BCUT2D eigenvalue weighted by molar-refractivity contribution is 5.68. The average molecular weight is 349 g/mol. The maximum absolute atomic E-state index is 11.0. The Morgan fingerprint density at radius 2 is 1.30 bits per heavy atom. The van der Waals surface area contributed by atoms with Crippen molar-refractivity contribution in [2.75, 3.05) is 0 Å². The molecule has 0 aliphatic heterocycles. The molecule has 5 heteroatoms. The number of carbonyl (C=O) groups is 1. The van der Waals surface area contributed by atoms with Gasteiger partial charge >= 0.3 is 16.8 Å². The van der Waals surface area contributed by atoms with E-state index < -0.39 is 16.8 Å². The molecule has 0 fully saturated rings. The van der Waals surface area contributed by atoms with Gasteiger partial charge in [0.25, 0.3) is 0 Å². The first-order valence-corrected chi connectivity index (χ1v) is 10.0. The molecule has 0 aromatic carbocycles. The topological polar surface area (TPSA) is 72.4 Å². The zero-order valence-electron chi connectivity index (χ0n) is 14.6. The summed E-state index contributed by atoms with van der Waals surface area (Å²) < 4.78 is 24.2. The maximum atomic E-state index is 11.0. The smallest absolute Gasteiger partial charge is 0.307 e. The van der Waals surface area contributed by atoms with Gasteiger partial charge in [0.05, 0.1) is 6.42 Å². The minimum absolute atomic E-state index is 0.177.